The van der Waals surface area contributed by atoms with E-state index in [9.17, 15) is 14.4 Å². The predicted octanol–water partition coefficient (Wildman–Crippen LogP) is 5.26. The molecule has 1 N–H and O–H groups in total. The van der Waals surface area contributed by atoms with Crippen molar-refractivity contribution in [1.82, 2.24) is 4.90 Å². The van der Waals surface area contributed by atoms with Gasteiger partial charge in [-0.15, -0.1) is 0 Å². The number of esters is 1. The number of benzene rings is 3. The summed E-state index contributed by atoms with van der Waals surface area (Å²) in [5.41, 5.74) is 2.75. The maximum Gasteiger partial charge on any atom is 0.338 e. The third-order valence-corrected chi connectivity index (χ3v) is 6.55. The van der Waals surface area contributed by atoms with Crippen LogP contribution in [0.2, 0.25) is 0 Å². The van der Waals surface area contributed by atoms with Gasteiger partial charge in [-0.3, -0.25) is 9.59 Å². The van der Waals surface area contributed by atoms with Gasteiger partial charge in [-0.1, -0.05) is 37.6 Å². The summed E-state index contributed by atoms with van der Waals surface area (Å²) in [6, 6.07) is 21.5. The predicted molar refractivity (Wildman–Crippen MR) is 152 cm³/mol. The van der Waals surface area contributed by atoms with E-state index in [1.165, 1.54) is 0 Å². The third kappa shape index (κ3) is 7.16. The van der Waals surface area contributed by atoms with Crippen molar-refractivity contribution in [2.45, 2.75) is 26.7 Å². The largest absolute Gasteiger partial charge is 0.494 e. The number of nitrogens with zero attached hydrogens (tertiary/aromatic N) is 2. The molecule has 39 heavy (non-hydrogen) atoms. The minimum Gasteiger partial charge on any atom is -0.494 e. The molecule has 1 saturated heterocycles. The highest BCUT2D eigenvalue weighted by molar-refractivity contribution is 6.07. The van der Waals surface area contributed by atoms with Crippen LogP contribution in [0.3, 0.4) is 0 Å². The van der Waals surface area contributed by atoms with Crippen LogP contribution in [-0.2, 0) is 4.74 Å². The summed E-state index contributed by atoms with van der Waals surface area (Å²) < 4.78 is 10.9. The van der Waals surface area contributed by atoms with Crippen LogP contribution in [0.1, 0.15) is 57.8 Å². The van der Waals surface area contributed by atoms with Crippen LogP contribution >= 0.6 is 0 Å². The van der Waals surface area contributed by atoms with E-state index in [-0.39, 0.29) is 18.4 Å². The van der Waals surface area contributed by atoms with Crippen molar-refractivity contribution in [3.63, 3.8) is 0 Å². The number of nitrogens with one attached hydrogen (secondary N) is 1. The Morgan fingerprint density at radius 2 is 1.56 bits per heavy atom. The van der Waals surface area contributed by atoms with Gasteiger partial charge in [0.25, 0.3) is 11.8 Å². The van der Waals surface area contributed by atoms with E-state index >= 15 is 0 Å². The fourth-order valence-electron chi connectivity index (χ4n) is 4.42. The van der Waals surface area contributed by atoms with Crippen LogP contribution in [0, 0.1) is 0 Å². The molecule has 1 heterocycles. The highest BCUT2D eigenvalue weighted by Gasteiger charge is 2.25. The van der Waals surface area contributed by atoms with E-state index in [1.807, 2.05) is 47.4 Å². The molecule has 0 atom stereocenters. The van der Waals surface area contributed by atoms with Crippen molar-refractivity contribution >= 4 is 29.2 Å². The first-order chi connectivity index (χ1) is 19.0. The fraction of sp³-hybridized carbons (Fsp3) is 0.323. The molecule has 0 saturated carbocycles. The first kappa shape index (κ1) is 27.7. The second-order valence-corrected chi connectivity index (χ2v) is 9.28. The molecule has 1 aliphatic heterocycles. The molecule has 0 unspecified atom stereocenters. The lowest BCUT2D eigenvalue weighted by Gasteiger charge is -2.37. The van der Waals surface area contributed by atoms with Gasteiger partial charge in [0.05, 0.1) is 30.2 Å². The summed E-state index contributed by atoms with van der Waals surface area (Å²) >= 11 is 0. The molecule has 2 amide bonds. The highest BCUT2D eigenvalue weighted by Crippen LogP contribution is 2.30. The molecule has 3 aromatic rings. The summed E-state index contributed by atoms with van der Waals surface area (Å²) in [7, 11) is 0. The number of anilines is 2. The molecule has 0 bridgehead atoms. The van der Waals surface area contributed by atoms with Crippen LogP contribution in [0.4, 0.5) is 11.4 Å². The maximum absolute atomic E-state index is 13.3. The zero-order valence-electron chi connectivity index (χ0n) is 22.5. The quantitative estimate of drug-likeness (QED) is 0.285. The van der Waals surface area contributed by atoms with E-state index in [2.05, 4.69) is 17.1 Å². The average molecular weight is 530 g/mol. The zero-order chi connectivity index (χ0) is 27.6. The summed E-state index contributed by atoms with van der Waals surface area (Å²) in [5, 5.41) is 2.99. The van der Waals surface area contributed by atoms with Gasteiger partial charge < -0.3 is 24.6 Å². The molecule has 4 rings (SSSR count). The third-order valence-electron chi connectivity index (χ3n) is 6.55. The molecule has 8 nitrogen and oxygen atoms in total. The number of hydrogen-bond acceptors (Lipinski definition) is 6. The molecule has 1 fully saturated rings. The summed E-state index contributed by atoms with van der Waals surface area (Å²) in [5.74, 6) is -0.126. The Kier molecular flexibility index (Phi) is 9.56. The van der Waals surface area contributed by atoms with Gasteiger partial charge in [0, 0.05) is 37.3 Å². The van der Waals surface area contributed by atoms with Gasteiger partial charge in [0.2, 0.25) is 0 Å². The van der Waals surface area contributed by atoms with Gasteiger partial charge in [0.1, 0.15) is 5.75 Å². The van der Waals surface area contributed by atoms with Crippen molar-refractivity contribution < 1.29 is 23.9 Å². The number of hydrogen-bond donors (Lipinski definition) is 1. The average Bonchev–Trinajstić information content (AvgIpc) is 2.98. The molecule has 1 aliphatic rings. The normalized spacial score (nSPS) is 13.1. The highest BCUT2D eigenvalue weighted by atomic mass is 16.5. The number of piperazine rings is 1. The molecule has 0 radical (unpaired) electrons. The van der Waals surface area contributed by atoms with E-state index < -0.39 is 5.97 Å². The van der Waals surface area contributed by atoms with Gasteiger partial charge >= 0.3 is 5.97 Å². The molecule has 0 aromatic heterocycles. The standard InChI is InChI=1S/C31H35N3O5/c1-3-5-20-39-26-13-9-12-24(21-26)29(35)32-27-22-25(31(37)38-4-2)14-15-28(27)33-16-18-34(19-17-33)30(36)23-10-7-6-8-11-23/h6-15,21-22H,3-5,16-20H2,1-2H3,(H,32,35). The molecule has 0 spiro atoms. The van der Waals surface area contributed by atoms with Crippen molar-refractivity contribution in [3.8, 4) is 5.75 Å². The molecule has 204 valence electrons. The smallest absolute Gasteiger partial charge is 0.338 e. The van der Waals surface area contributed by atoms with Crippen LogP contribution < -0.4 is 15.0 Å². The summed E-state index contributed by atoms with van der Waals surface area (Å²) in [6.07, 6.45) is 1.96. The second-order valence-electron chi connectivity index (χ2n) is 9.28. The van der Waals surface area contributed by atoms with Crippen molar-refractivity contribution in [2.75, 3.05) is 49.6 Å². The van der Waals surface area contributed by atoms with E-state index in [4.69, 9.17) is 9.47 Å². The van der Waals surface area contributed by atoms with Crippen LogP contribution in [-0.4, -0.2) is 62.1 Å². The SMILES string of the molecule is CCCCOc1cccc(C(=O)Nc2cc(C(=O)OCC)ccc2N2CCN(C(=O)c3ccccc3)CC2)c1. The summed E-state index contributed by atoms with van der Waals surface area (Å²) in [6.45, 7) is 6.94. The maximum atomic E-state index is 13.3. The van der Waals surface area contributed by atoms with Crippen molar-refractivity contribution in [1.29, 1.82) is 0 Å². The lowest BCUT2D eigenvalue weighted by atomic mass is 10.1. The van der Waals surface area contributed by atoms with Gasteiger partial charge in [-0.25, -0.2) is 4.79 Å². The van der Waals surface area contributed by atoms with Crippen molar-refractivity contribution in [2.24, 2.45) is 0 Å². The molecular weight excluding hydrogens is 494 g/mol. The Morgan fingerprint density at radius 3 is 2.28 bits per heavy atom. The monoisotopic (exact) mass is 529 g/mol. The zero-order valence-corrected chi connectivity index (χ0v) is 22.5. The van der Waals surface area contributed by atoms with Gasteiger partial charge in [0.15, 0.2) is 0 Å². The first-order valence-electron chi connectivity index (χ1n) is 13.4. The Morgan fingerprint density at radius 1 is 0.821 bits per heavy atom. The van der Waals surface area contributed by atoms with Crippen molar-refractivity contribution in [3.05, 3.63) is 89.5 Å². The van der Waals surface area contributed by atoms with Gasteiger partial charge in [-0.2, -0.15) is 0 Å². The van der Waals surface area contributed by atoms with E-state index in [0.29, 0.717) is 60.9 Å². The van der Waals surface area contributed by atoms with E-state index in [0.717, 1.165) is 18.5 Å². The molecule has 3 aromatic carbocycles. The molecule has 8 heteroatoms. The first-order valence-corrected chi connectivity index (χ1v) is 13.4. The van der Waals surface area contributed by atoms with Crippen LogP contribution in [0.25, 0.3) is 0 Å². The number of rotatable bonds is 10. The lowest BCUT2D eigenvalue weighted by molar-refractivity contribution is 0.0526. The van der Waals surface area contributed by atoms with Crippen LogP contribution in [0.15, 0.2) is 72.8 Å². The number of carbonyl (C=O) groups is 3. The topological polar surface area (TPSA) is 88.2 Å². The number of carbonyl (C=O) groups excluding carboxylic acids is 3. The van der Waals surface area contributed by atoms with Crippen LogP contribution in [0.5, 0.6) is 5.75 Å². The number of ether oxygens (including phenoxy) is 2. The van der Waals surface area contributed by atoms with Gasteiger partial charge in [-0.05, 0) is 61.9 Å². The minimum atomic E-state index is -0.454. The molecule has 0 aliphatic carbocycles. The fourth-order valence-corrected chi connectivity index (χ4v) is 4.42. The second kappa shape index (κ2) is 13.5. The Hall–Kier alpha value is -4.33. The number of unbranched alkanes of at least 4 members (excludes halogenated alkanes) is 1. The number of amides is 2. The van der Waals surface area contributed by atoms with E-state index in [1.54, 1.807) is 37.3 Å². The Balaban J connectivity index is 1.52. The lowest BCUT2D eigenvalue weighted by Crippen LogP contribution is -2.49. The Labute approximate surface area is 229 Å². The Bertz CT molecular complexity index is 1290. The molecular formula is C31H35N3O5. The summed E-state index contributed by atoms with van der Waals surface area (Å²) in [4.78, 5) is 42.6. The minimum absolute atomic E-state index is 0.00229.